The Morgan fingerprint density at radius 1 is 1.39 bits per heavy atom. The number of hydrogen-bond donors (Lipinski definition) is 0. The van der Waals surface area contributed by atoms with E-state index in [1.54, 1.807) is 0 Å². The molecule has 1 aromatic rings. The maximum absolute atomic E-state index is 4.25. The van der Waals surface area contributed by atoms with E-state index in [4.69, 9.17) is 0 Å². The van der Waals surface area contributed by atoms with Crippen LogP contribution in [-0.4, -0.2) is 14.6 Å². The molecule has 0 radical (unpaired) electrons. The van der Waals surface area contributed by atoms with Crippen LogP contribution in [0.5, 0.6) is 0 Å². The first kappa shape index (κ1) is 14.1. The van der Waals surface area contributed by atoms with Gasteiger partial charge in [-0.15, -0.1) is 0 Å². The summed E-state index contributed by atoms with van der Waals surface area (Å²) in [7, 11) is 2.04. The number of halogens is 1. The smallest absolute Gasteiger partial charge is 0.0492 e. The highest BCUT2D eigenvalue weighted by Gasteiger charge is 2.28. The Hall–Kier alpha value is -0.310. The fraction of sp³-hybridized carbons (Fsp3) is 0.800. The second-order valence-electron chi connectivity index (χ2n) is 5.73. The van der Waals surface area contributed by atoms with Gasteiger partial charge in [0.05, 0.1) is 0 Å². The minimum atomic E-state index is 0.735. The first-order valence-corrected chi connectivity index (χ1v) is 8.23. The number of rotatable bonds is 5. The van der Waals surface area contributed by atoms with Crippen molar-refractivity contribution in [2.45, 2.75) is 56.7 Å². The largest absolute Gasteiger partial charge is 0.273 e. The molecule has 0 N–H and O–H groups in total. The second-order valence-corrected chi connectivity index (χ2v) is 6.90. The molecule has 2 nitrogen and oxygen atoms in total. The van der Waals surface area contributed by atoms with Gasteiger partial charge in [-0.1, -0.05) is 35.7 Å². The molecule has 102 valence electrons. The predicted molar refractivity (Wildman–Crippen MR) is 80.0 cm³/mol. The number of alkyl halides is 1. The Morgan fingerprint density at radius 3 is 2.89 bits per heavy atom. The molecule has 0 saturated heterocycles. The maximum atomic E-state index is 4.25. The zero-order chi connectivity index (χ0) is 13.0. The molecule has 0 aromatic carbocycles. The van der Waals surface area contributed by atoms with Gasteiger partial charge in [0.2, 0.25) is 0 Å². The quantitative estimate of drug-likeness (QED) is 0.740. The molecular weight excluding hydrogens is 288 g/mol. The Balaban J connectivity index is 1.85. The molecule has 3 heteroatoms. The van der Waals surface area contributed by atoms with Gasteiger partial charge in [0.15, 0.2) is 0 Å². The lowest BCUT2D eigenvalue weighted by Crippen LogP contribution is -2.25. The van der Waals surface area contributed by atoms with Crippen LogP contribution in [0.2, 0.25) is 0 Å². The molecule has 18 heavy (non-hydrogen) atoms. The molecule has 0 spiro atoms. The van der Waals surface area contributed by atoms with Crippen LogP contribution in [-0.2, 0) is 13.5 Å². The van der Waals surface area contributed by atoms with Gasteiger partial charge in [0, 0.05) is 23.8 Å². The Kier molecular flexibility index (Phi) is 5.28. The number of nitrogens with zero attached hydrogens (tertiary/aromatic N) is 2. The van der Waals surface area contributed by atoms with Crippen molar-refractivity contribution in [3.8, 4) is 0 Å². The van der Waals surface area contributed by atoms with E-state index in [1.807, 2.05) is 17.9 Å². The molecule has 0 amide bonds. The van der Waals surface area contributed by atoms with E-state index in [0.29, 0.717) is 0 Å². The van der Waals surface area contributed by atoms with E-state index in [0.717, 1.165) is 16.7 Å². The molecule has 3 unspecified atom stereocenters. The van der Waals surface area contributed by atoms with Gasteiger partial charge in [-0.2, -0.15) is 5.10 Å². The summed E-state index contributed by atoms with van der Waals surface area (Å²) in [4.78, 5) is 0.735. The van der Waals surface area contributed by atoms with Crippen molar-refractivity contribution >= 4 is 15.9 Å². The SMILES string of the molecule is CCCC1CCC(Br)C(CCc2ccnn2C)C1. The lowest BCUT2D eigenvalue weighted by molar-refractivity contribution is 0.253. The molecule has 1 aromatic heterocycles. The first-order chi connectivity index (χ1) is 8.70. The topological polar surface area (TPSA) is 17.8 Å². The molecular formula is C15H25BrN2. The van der Waals surface area contributed by atoms with E-state index in [-0.39, 0.29) is 0 Å². The zero-order valence-corrected chi connectivity index (χ0v) is 13.2. The number of hydrogen-bond acceptors (Lipinski definition) is 1. The number of aromatic nitrogens is 2. The summed E-state index contributed by atoms with van der Waals surface area (Å²) >= 11 is 3.89. The molecule has 1 saturated carbocycles. The van der Waals surface area contributed by atoms with Crippen molar-refractivity contribution in [2.24, 2.45) is 18.9 Å². The predicted octanol–water partition coefficient (Wildman–Crippen LogP) is 4.33. The van der Waals surface area contributed by atoms with Gasteiger partial charge in [-0.3, -0.25) is 4.68 Å². The molecule has 1 aliphatic carbocycles. The van der Waals surface area contributed by atoms with Crippen LogP contribution in [0, 0.1) is 11.8 Å². The minimum Gasteiger partial charge on any atom is -0.273 e. The van der Waals surface area contributed by atoms with Crippen molar-refractivity contribution < 1.29 is 0 Å². The maximum Gasteiger partial charge on any atom is 0.0492 e. The molecule has 1 fully saturated rings. The van der Waals surface area contributed by atoms with E-state index < -0.39 is 0 Å². The molecule has 2 rings (SSSR count). The third kappa shape index (κ3) is 3.59. The molecule has 0 bridgehead atoms. The molecule has 1 aliphatic rings. The van der Waals surface area contributed by atoms with E-state index in [2.05, 4.69) is 34.0 Å². The van der Waals surface area contributed by atoms with Crippen molar-refractivity contribution in [2.75, 3.05) is 0 Å². The third-order valence-corrected chi connectivity index (χ3v) is 5.59. The summed E-state index contributed by atoms with van der Waals surface area (Å²) < 4.78 is 2.01. The van der Waals surface area contributed by atoms with E-state index in [1.165, 1.54) is 50.6 Å². The summed E-state index contributed by atoms with van der Waals surface area (Å²) in [6.45, 7) is 2.31. The number of aryl methyl sites for hydroxylation is 2. The second kappa shape index (κ2) is 6.74. The summed E-state index contributed by atoms with van der Waals surface area (Å²) in [6, 6.07) is 2.15. The standard InChI is InChI=1S/C15H25BrN2/c1-3-4-12-5-8-15(16)13(11-12)6-7-14-9-10-17-18(14)2/h9-10,12-13,15H,3-8,11H2,1-2H3. The van der Waals surface area contributed by atoms with Crippen LogP contribution < -0.4 is 0 Å². The summed E-state index contributed by atoms with van der Waals surface area (Å²) in [5, 5.41) is 4.25. The minimum absolute atomic E-state index is 0.735. The monoisotopic (exact) mass is 312 g/mol. The van der Waals surface area contributed by atoms with Gasteiger partial charge < -0.3 is 0 Å². The van der Waals surface area contributed by atoms with Crippen molar-refractivity contribution in [1.29, 1.82) is 0 Å². The lowest BCUT2D eigenvalue weighted by atomic mass is 9.77. The summed E-state index contributed by atoms with van der Waals surface area (Å²) in [5.74, 6) is 1.82. The van der Waals surface area contributed by atoms with Crippen LogP contribution in [0.15, 0.2) is 12.3 Å². The highest BCUT2D eigenvalue weighted by atomic mass is 79.9. The molecule has 3 atom stereocenters. The molecule has 0 aliphatic heterocycles. The fourth-order valence-electron chi connectivity index (χ4n) is 3.27. The average molecular weight is 313 g/mol. The normalized spacial score (nSPS) is 28.5. The Labute approximate surface area is 119 Å². The van der Waals surface area contributed by atoms with Crippen LogP contribution in [0.4, 0.5) is 0 Å². The summed E-state index contributed by atoms with van der Waals surface area (Å²) in [6.07, 6.45) is 11.3. The van der Waals surface area contributed by atoms with E-state index in [9.17, 15) is 0 Å². The van der Waals surface area contributed by atoms with Gasteiger partial charge in [0.25, 0.3) is 0 Å². The van der Waals surface area contributed by atoms with Crippen molar-refractivity contribution in [3.05, 3.63) is 18.0 Å². The molecule has 1 heterocycles. The Bertz CT molecular complexity index is 361. The first-order valence-electron chi connectivity index (χ1n) is 7.31. The van der Waals surface area contributed by atoms with Crippen molar-refractivity contribution in [3.63, 3.8) is 0 Å². The lowest BCUT2D eigenvalue weighted by Gasteiger charge is -2.33. The fourth-order valence-corrected chi connectivity index (χ4v) is 4.02. The van der Waals surface area contributed by atoms with Crippen molar-refractivity contribution in [1.82, 2.24) is 9.78 Å². The van der Waals surface area contributed by atoms with E-state index >= 15 is 0 Å². The van der Waals surface area contributed by atoms with Crippen LogP contribution in [0.1, 0.15) is 51.1 Å². The van der Waals surface area contributed by atoms with Gasteiger partial charge in [-0.25, -0.2) is 0 Å². The third-order valence-electron chi connectivity index (χ3n) is 4.39. The van der Waals surface area contributed by atoms with Gasteiger partial charge >= 0.3 is 0 Å². The highest BCUT2D eigenvalue weighted by molar-refractivity contribution is 9.09. The zero-order valence-electron chi connectivity index (χ0n) is 11.6. The Morgan fingerprint density at radius 2 is 2.22 bits per heavy atom. The van der Waals surface area contributed by atoms with Crippen LogP contribution in [0.3, 0.4) is 0 Å². The van der Waals surface area contributed by atoms with Crippen LogP contribution in [0.25, 0.3) is 0 Å². The summed E-state index contributed by atoms with van der Waals surface area (Å²) in [5.41, 5.74) is 1.37. The van der Waals surface area contributed by atoms with Gasteiger partial charge in [0.1, 0.15) is 0 Å². The average Bonchev–Trinajstić information content (AvgIpc) is 2.76. The highest BCUT2D eigenvalue weighted by Crippen LogP contribution is 2.38. The van der Waals surface area contributed by atoms with Gasteiger partial charge in [-0.05, 0) is 50.0 Å². The van der Waals surface area contributed by atoms with Crippen LogP contribution >= 0.6 is 15.9 Å².